The first-order chi connectivity index (χ1) is 13.6. The fourth-order valence-corrected chi connectivity index (χ4v) is 5.08. The van der Waals surface area contributed by atoms with Gasteiger partial charge in [-0.3, -0.25) is 18.9 Å². The van der Waals surface area contributed by atoms with Crippen LogP contribution in [-0.4, -0.2) is 63.2 Å². The van der Waals surface area contributed by atoms with Crippen LogP contribution in [0.15, 0.2) is 11.6 Å². The number of fused-ring (bicyclic) bond motifs is 1. The van der Waals surface area contributed by atoms with Crippen molar-refractivity contribution in [2.24, 2.45) is 0 Å². The molecule has 4 rings (SSSR count). The number of nitrogens with zero attached hydrogens (tertiary/aromatic N) is 4. The number of likely N-dealkylation sites (tertiary alicyclic amines) is 2. The molecule has 0 spiro atoms. The Hall–Kier alpha value is -1.93. The molecule has 0 unspecified atom stereocenters. The Morgan fingerprint density at radius 2 is 1.93 bits per heavy atom. The molecule has 2 aromatic heterocycles. The van der Waals surface area contributed by atoms with E-state index in [4.69, 9.17) is 4.98 Å². The molecule has 0 radical (unpaired) electrons. The molecule has 8 heteroatoms. The maximum absolute atomic E-state index is 13.3. The SMILES string of the molecule is CC(=O)N[C@@H]1CCN(Cc2c(C(=O)N3CCCCCCC3)nc3sccn23)C1. The van der Waals surface area contributed by atoms with Crippen molar-refractivity contribution in [2.45, 2.75) is 58.0 Å². The zero-order valence-electron chi connectivity index (χ0n) is 16.5. The van der Waals surface area contributed by atoms with Crippen LogP contribution in [0, 0.1) is 0 Å². The predicted octanol–water partition coefficient (Wildman–Crippen LogP) is 2.51. The highest BCUT2D eigenvalue weighted by molar-refractivity contribution is 7.15. The predicted molar refractivity (Wildman–Crippen MR) is 110 cm³/mol. The number of carbonyl (C=O) groups excluding carboxylic acids is 2. The standard InChI is InChI=1S/C20H29N5O2S/c1-15(26)21-16-7-10-23(13-16)14-17-18(22-20-25(17)11-12-28-20)19(27)24-8-5-3-2-4-6-9-24/h11-12,16H,2-10,13-14H2,1H3,(H,21,26)/t16-/m1/s1. The third-order valence-electron chi connectivity index (χ3n) is 5.76. The highest BCUT2D eigenvalue weighted by Gasteiger charge is 2.29. The highest BCUT2D eigenvalue weighted by Crippen LogP contribution is 2.23. The molecule has 152 valence electrons. The van der Waals surface area contributed by atoms with Gasteiger partial charge in [-0.2, -0.15) is 0 Å². The number of hydrogen-bond donors (Lipinski definition) is 1. The van der Waals surface area contributed by atoms with Gasteiger partial charge in [0, 0.05) is 57.3 Å². The van der Waals surface area contributed by atoms with Gasteiger partial charge in [-0.25, -0.2) is 4.98 Å². The monoisotopic (exact) mass is 403 g/mol. The Morgan fingerprint density at radius 1 is 1.18 bits per heavy atom. The van der Waals surface area contributed by atoms with E-state index in [1.165, 1.54) is 19.3 Å². The van der Waals surface area contributed by atoms with E-state index in [2.05, 4.69) is 14.6 Å². The van der Waals surface area contributed by atoms with Gasteiger partial charge in [-0.15, -0.1) is 11.3 Å². The third-order valence-corrected chi connectivity index (χ3v) is 6.52. The summed E-state index contributed by atoms with van der Waals surface area (Å²) in [6.45, 7) is 5.64. The van der Waals surface area contributed by atoms with Crippen LogP contribution >= 0.6 is 11.3 Å². The lowest BCUT2D eigenvalue weighted by atomic mass is 10.1. The maximum atomic E-state index is 13.3. The van der Waals surface area contributed by atoms with Crippen molar-refractivity contribution in [2.75, 3.05) is 26.2 Å². The van der Waals surface area contributed by atoms with Crippen molar-refractivity contribution in [3.05, 3.63) is 23.0 Å². The Labute approximate surface area is 169 Å². The zero-order valence-corrected chi connectivity index (χ0v) is 17.3. The Kier molecular flexibility index (Phi) is 5.96. The minimum absolute atomic E-state index is 0.0179. The van der Waals surface area contributed by atoms with Crippen molar-refractivity contribution in [3.63, 3.8) is 0 Å². The van der Waals surface area contributed by atoms with Gasteiger partial charge in [0.2, 0.25) is 5.91 Å². The minimum Gasteiger partial charge on any atom is -0.352 e. The molecule has 2 aliphatic rings. The van der Waals surface area contributed by atoms with Gasteiger partial charge in [0.1, 0.15) is 0 Å². The number of aromatic nitrogens is 2. The van der Waals surface area contributed by atoms with E-state index in [9.17, 15) is 9.59 Å². The molecule has 28 heavy (non-hydrogen) atoms. The molecule has 0 saturated carbocycles. The molecule has 2 aromatic rings. The van der Waals surface area contributed by atoms with Crippen molar-refractivity contribution < 1.29 is 9.59 Å². The summed E-state index contributed by atoms with van der Waals surface area (Å²) in [7, 11) is 0. The average Bonchev–Trinajstić information content (AvgIpc) is 3.31. The molecule has 2 aliphatic heterocycles. The number of amides is 2. The zero-order chi connectivity index (χ0) is 19.5. The molecule has 0 bridgehead atoms. The Morgan fingerprint density at radius 3 is 2.68 bits per heavy atom. The van der Waals surface area contributed by atoms with Gasteiger partial charge in [0.05, 0.1) is 5.69 Å². The van der Waals surface area contributed by atoms with Gasteiger partial charge in [0.15, 0.2) is 10.7 Å². The molecule has 1 N–H and O–H groups in total. The lowest BCUT2D eigenvalue weighted by Crippen LogP contribution is -2.36. The molecule has 0 aromatic carbocycles. The Balaban J connectivity index is 1.53. The molecule has 0 aliphatic carbocycles. The van der Waals surface area contributed by atoms with E-state index in [1.54, 1.807) is 18.3 Å². The van der Waals surface area contributed by atoms with Crippen LogP contribution in [0.5, 0.6) is 0 Å². The van der Waals surface area contributed by atoms with E-state index < -0.39 is 0 Å². The molecule has 2 saturated heterocycles. The smallest absolute Gasteiger partial charge is 0.274 e. The van der Waals surface area contributed by atoms with Crippen LogP contribution in [0.2, 0.25) is 0 Å². The second-order valence-electron chi connectivity index (χ2n) is 7.94. The van der Waals surface area contributed by atoms with Crippen molar-refractivity contribution in [1.82, 2.24) is 24.5 Å². The van der Waals surface area contributed by atoms with Crippen LogP contribution in [0.25, 0.3) is 4.96 Å². The van der Waals surface area contributed by atoms with E-state index in [0.29, 0.717) is 12.2 Å². The molecule has 4 heterocycles. The normalized spacial score (nSPS) is 21.6. The van der Waals surface area contributed by atoms with Crippen LogP contribution in [0.3, 0.4) is 0 Å². The van der Waals surface area contributed by atoms with Crippen molar-refractivity contribution >= 4 is 28.1 Å². The number of rotatable bonds is 4. The van der Waals surface area contributed by atoms with E-state index in [-0.39, 0.29) is 17.9 Å². The first kappa shape index (κ1) is 19.4. The molecule has 1 atom stereocenters. The maximum Gasteiger partial charge on any atom is 0.274 e. The van der Waals surface area contributed by atoms with E-state index >= 15 is 0 Å². The first-order valence-corrected chi connectivity index (χ1v) is 11.2. The summed E-state index contributed by atoms with van der Waals surface area (Å²) < 4.78 is 2.06. The van der Waals surface area contributed by atoms with Gasteiger partial charge in [0.25, 0.3) is 5.91 Å². The minimum atomic E-state index is 0.0179. The van der Waals surface area contributed by atoms with Gasteiger partial charge in [-0.05, 0) is 19.3 Å². The summed E-state index contributed by atoms with van der Waals surface area (Å²) in [4.78, 5) is 34.6. The molecule has 7 nitrogen and oxygen atoms in total. The lowest BCUT2D eigenvalue weighted by molar-refractivity contribution is -0.119. The molecular formula is C20H29N5O2S. The van der Waals surface area contributed by atoms with Crippen LogP contribution in [0.1, 0.15) is 61.6 Å². The van der Waals surface area contributed by atoms with Gasteiger partial charge in [-0.1, -0.05) is 19.3 Å². The molecule has 2 amide bonds. The summed E-state index contributed by atoms with van der Waals surface area (Å²) in [5.41, 5.74) is 1.59. The number of thiazole rings is 1. The second kappa shape index (κ2) is 8.61. The second-order valence-corrected chi connectivity index (χ2v) is 8.82. The average molecular weight is 404 g/mol. The van der Waals surface area contributed by atoms with Crippen molar-refractivity contribution in [3.8, 4) is 0 Å². The van der Waals surface area contributed by atoms with E-state index in [0.717, 1.165) is 56.1 Å². The lowest BCUT2D eigenvalue weighted by Gasteiger charge is -2.25. The Bertz CT molecular complexity index is 837. The largest absolute Gasteiger partial charge is 0.352 e. The highest BCUT2D eigenvalue weighted by atomic mass is 32.1. The third kappa shape index (κ3) is 4.22. The quantitative estimate of drug-likeness (QED) is 0.852. The van der Waals surface area contributed by atoms with Crippen LogP contribution in [-0.2, 0) is 11.3 Å². The van der Waals surface area contributed by atoms with Crippen LogP contribution < -0.4 is 5.32 Å². The number of imidazole rings is 1. The number of nitrogens with one attached hydrogen (secondary N) is 1. The summed E-state index contributed by atoms with van der Waals surface area (Å²) in [6.07, 6.45) is 8.79. The number of carbonyl (C=O) groups is 2. The topological polar surface area (TPSA) is 70.0 Å². The molecular weight excluding hydrogens is 374 g/mol. The van der Waals surface area contributed by atoms with Crippen molar-refractivity contribution in [1.29, 1.82) is 0 Å². The summed E-state index contributed by atoms with van der Waals surface area (Å²) in [6, 6.07) is 0.192. The fourth-order valence-electron chi connectivity index (χ4n) is 4.35. The summed E-state index contributed by atoms with van der Waals surface area (Å²) >= 11 is 1.57. The molecule has 2 fully saturated rings. The number of hydrogen-bond acceptors (Lipinski definition) is 5. The van der Waals surface area contributed by atoms with Crippen LogP contribution in [0.4, 0.5) is 0 Å². The van der Waals surface area contributed by atoms with E-state index in [1.807, 2.05) is 16.5 Å². The fraction of sp³-hybridized carbons (Fsp3) is 0.650. The van der Waals surface area contributed by atoms with Gasteiger partial charge >= 0.3 is 0 Å². The summed E-state index contributed by atoms with van der Waals surface area (Å²) in [5, 5.41) is 5.02. The summed E-state index contributed by atoms with van der Waals surface area (Å²) in [5.74, 6) is 0.0924. The first-order valence-electron chi connectivity index (χ1n) is 10.3. The van der Waals surface area contributed by atoms with Gasteiger partial charge < -0.3 is 10.2 Å².